The van der Waals surface area contributed by atoms with Gasteiger partial charge in [0, 0.05) is 19.5 Å². The summed E-state index contributed by atoms with van der Waals surface area (Å²) in [5.74, 6) is 2.43. The molecular weight excluding hydrogens is 342 g/mol. The minimum absolute atomic E-state index is 0.0653. The monoisotopic (exact) mass is 369 g/mol. The molecule has 5 heteroatoms. The Morgan fingerprint density at radius 1 is 1.00 bits per heavy atom. The van der Waals surface area contributed by atoms with E-state index in [9.17, 15) is 4.79 Å². The molecule has 1 aliphatic heterocycles. The van der Waals surface area contributed by atoms with Gasteiger partial charge in [0.2, 0.25) is 12.7 Å². The third kappa shape index (κ3) is 5.16. The molecule has 1 heterocycles. The van der Waals surface area contributed by atoms with E-state index in [0.29, 0.717) is 19.5 Å². The van der Waals surface area contributed by atoms with Gasteiger partial charge in [-0.15, -0.1) is 0 Å². The Balaban J connectivity index is 1.79. The maximum atomic E-state index is 13.0. The van der Waals surface area contributed by atoms with Gasteiger partial charge in [0.1, 0.15) is 5.75 Å². The number of hydrogen-bond donors (Lipinski definition) is 0. The zero-order chi connectivity index (χ0) is 19.4. The fourth-order valence-electron chi connectivity index (χ4n) is 3.01. The lowest BCUT2D eigenvalue weighted by Crippen LogP contribution is -2.32. The second kappa shape index (κ2) is 7.91. The molecule has 1 aliphatic rings. The Labute approximate surface area is 160 Å². The summed E-state index contributed by atoms with van der Waals surface area (Å²) in [6.45, 7) is 7.56. The summed E-state index contributed by atoms with van der Waals surface area (Å²) in [7, 11) is 1.65. The molecule has 0 N–H and O–H groups in total. The number of ether oxygens (including phenoxy) is 3. The average Bonchev–Trinajstić information content (AvgIpc) is 3.08. The molecule has 0 unspecified atom stereocenters. The van der Waals surface area contributed by atoms with Gasteiger partial charge in [-0.3, -0.25) is 4.79 Å². The first-order chi connectivity index (χ1) is 12.8. The molecule has 0 saturated carbocycles. The van der Waals surface area contributed by atoms with Gasteiger partial charge < -0.3 is 19.1 Å². The summed E-state index contributed by atoms with van der Waals surface area (Å²) in [5.41, 5.74) is 2.03. The third-order valence-electron chi connectivity index (χ3n) is 4.38. The van der Waals surface area contributed by atoms with E-state index in [1.807, 2.05) is 47.4 Å². The predicted octanol–water partition coefficient (Wildman–Crippen LogP) is 4.39. The first-order valence-electron chi connectivity index (χ1n) is 9.13. The molecule has 1 amide bonds. The normalized spacial score (nSPS) is 12.7. The van der Waals surface area contributed by atoms with Crippen LogP contribution in [0, 0.1) is 5.41 Å². The van der Waals surface area contributed by atoms with E-state index in [1.54, 1.807) is 7.11 Å². The number of rotatable bonds is 6. The number of hydrogen-bond acceptors (Lipinski definition) is 4. The number of benzene rings is 2. The van der Waals surface area contributed by atoms with Crippen molar-refractivity contribution in [2.45, 2.75) is 40.3 Å². The molecule has 0 spiro atoms. The molecule has 0 saturated heterocycles. The summed E-state index contributed by atoms with van der Waals surface area (Å²) in [6.07, 6.45) is 0.494. The largest absolute Gasteiger partial charge is 0.497 e. The van der Waals surface area contributed by atoms with Crippen molar-refractivity contribution in [2.24, 2.45) is 5.41 Å². The van der Waals surface area contributed by atoms with E-state index in [2.05, 4.69) is 20.8 Å². The molecule has 3 rings (SSSR count). The minimum Gasteiger partial charge on any atom is -0.497 e. The fraction of sp³-hybridized carbons (Fsp3) is 0.409. The summed E-state index contributed by atoms with van der Waals surface area (Å²) in [4.78, 5) is 14.9. The van der Waals surface area contributed by atoms with Gasteiger partial charge in [0.15, 0.2) is 11.5 Å². The molecule has 2 aromatic rings. The molecule has 27 heavy (non-hydrogen) atoms. The van der Waals surface area contributed by atoms with E-state index in [4.69, 9.17) is 14.2 Å². The quantitative estimate of drug-likeness (QED) is 0.758. The van der Waals surface area contributed by atoms with Crippen molar-refractivity contribution < 1.29 is 19.0 Å². The number of amides is 1. The lowest BCUT2D eigenvalue weighted by Gasteiger charge is -2.27. The van der Waals surface area contributed by atoms with E-state index < -0.39 is 0 Å². The molecule has 2 aromatic carbocycles. The topological polar surface area (TPSA) is 48.0 Å². The van der Waals surface area contributed by atoms with Crippen molar-refractivity contribution in [3.05, 3.63) is 53.6 Å². The van der Waals surface area contributed by atoms with Gasteiger partial charge in [-0.1, -0.05) is 39.0 Å². The van der Waals surface area contributed by atoms with Crippen molar-refractivity contribution >= 4 is 5.91 Å². The van der Waals surface area contributed by atoms with Crippen molar-refractivity contribution in [3.8, 4) is 17.2 Å². The van der Waals surface area contributed by atoms with Crippen LogP contribution >= 0.6 is 0 Å². The number of nitrogens with zero attached hydrogens (tertiary/aromatic N) is 1. The predicted molar refractivity (Wildman–Crippen MR) is 104 cm³/mol. The molecule has 0 bridgehead atoms. The van der Waals surface area contributed by atoms with Crippen LogP contribution in [0.2, 0.25) is 0 Å². The molecule has 0 fully saturated rings. The van der Waals surface area contributed by atoms with Gasteiger partial charge in [-0.05, 0) is 40.8 Å². The van der Waals surface area contributed by atoms with Crippen LogP contribution in [0.4, 0.5) is 0 Å². The maximum absolute atomic E-state index is 13.0. The zero-order valence-electron chi connectivity index (χ0n) is 16.5. The summed E-state index contributed by atoms with van der Waals surface area (Å²) in [5, 5.41) is 0. The van der Waals surface area contributed by atoms with Gasteiger partial charge in [0.05, 0.1) is 7.11 Å². The molecule has 144 valence electrons. The molecule has 0 aromatic heterocycles. The van der Waals surface area contributed by atoms with Crippen molar-refractivity contribution in [1.82, 2.24) is 4.90 Å². The summed E-state index contributed by atoms with van der Waals surface area (Å²) in [6, 6.07) is 13.7. The Kier molecular flexibility index (Phi) is 5.59. The van der Waals surface area contributed by atoms with Gasteiger partial charge in [-0.2, -0.15) is 0 Å². The first kappa shape index (κ1) is 19.1. The van der Waals surface area contributed by atoms with Crippen molar-refractivity contribution in [3.63, 3.8) is 0 Å². The van der Waals surface area contributed by atoms with E-state index >= 15 is 0 Å². The molecule has 0 aliphatic carbocycles. The van der Waals surface area contributed by atoms with E-state index in [-0.39, 0.29) is 18.1 Å². The van der Waals surface area contributed by atoms with Crippen LogP contribution in [0.3, 0.4) is 0 Å². The molecule has 0 atom stereocenters. The van der Waals surface area contributed by atoms with E-state index in [1.165, 1.54) is 0 Å². The fourth-order valence-corrected chi connectivity index (χ4v) is 3.01. The zero-order valence-corrected chi connectivity index (χ0v) is 16.5. The lowest BCUT2D eigenvalue weighted by molar-refractivity contribution is -0.134. The molecule has 5 nitrogen and oxygen atoms in total. The van der Waals surface area contributed by atoms with Gasteiger partial charge >= 0.3 is 0 Å². The van der Waals surface area contributed by atoms with Crippen LogP contribution in [0.25, 0.3) is 0 Å². The Morgan fingerprint density at radius 2 is 1.63 bits per heavy atom. The highest BCUT2D eigenvalue weighted by molar-refractivity contribution is 5.77. The Hall–Kier alpha value is -2.69. The lowest BCUT2D eigenvalue weighted by atomic mass is 9.91. The Bertz CT molecular complexity index is 793. The number of carbonyl (C=O) groups is 1. The minimum atomic E-state index is -0.0653. The molecular formula is C22H27NO4. The number of fused-ring (bicyclic) bond motifs is 1. The number of methoxy groups -OCH3 is 1. The summed E-state index contributed by atoms with van der Waals surface area (Å²) >= 11 is 0. The van der Waals surface area contributed by atoms with Crippen LogP contribution < -0.4 is 14.2 Å². The van der Waals surface area contributed by atoms with Crippen LogP contribution in [0.5, 0.6) is 17.2 Å². The van der Waals surface area contributed by atoms with E-state index in [0.717, 1.165) is 28.4 Å². The second-order valence-electron chi connectivity index (χ2n) is 8.02. The third-order valence-corrected chi connectivity index (χ3v) is 4.38. The SMILES string of the molecule is COc1ccc(CN(Cc2ccc3c(c2)OCO3)C(=O)CC(C)(C)C)cc1. The Morgan fingerprint density at radius 3 is 2.30 bits per heavy atom. The van der Waals surface area contributed by atoms with Crippen LogP contribution in [-0.2, 0) is 17.9 Å². The standard InChI is InChI=1S/C22H27NO4/c1-22(2,3)12-21(24)23(13-16-5-8-18(25-4)9-6-16)14-17-7-10-19-20(11-17)27-15-26-19/h5-11H,12-15H2,1-4H3. The van der Waals surface area contributed by atoms with Crippen LogP contribution in [-0.4, -0.2) is 24.7 Å². The van der Waals surface area contributed by atoms with Gasteiger partial charge in [-0.25, -0.2) is 0 Å². The highest BCUT2D eigenvalue weighted by Crippen LogP contribution is 2.33. The van der Waals surface area contributed by atoms with Crippen LogP contribution in [0.1, 0.15) is 38.3 Å². The van der Waals surface area contributed by atoms with Gasteiger partial charge in [0.25, 0.3) is 0 Å². The highest BCUT2D eigenvalue weighted by atomic mass is 16.7. The summed E-state index contributed by atoms with van der Waals surface area (Å²) < 4.78 is 16.1. The average molecular weight is 369 g/mol. The van der Waals surface area contributed by atoms with Crippen molar-refractivity contribution in [2.75, 3.05) is 13.9 Å². The number of carbonyl (C=O) groups excluding carboxylic acids is 1. The second-order valence-corrected chi connectivity index (χ2v) is 8.02. The molecule has 0 radical (unpaired) electrons. The van der Waals surface area contributed by atoms with Crippen molar-refractivity contribution in [1.29, 1.82) is 0 Å². The smallest absolute Gasteiger partial charge is 0.231 e. The highest BCUT2D eigenvalue weighted by Gasteiger charge is 2.22. The first-order valence-corrected chi connectivity index (χ1v) is 9.13. The van der Waals surface area contributed by atoms with Crippen LogP contribution in [0.15, 0.2) is 42.5 Å². The maximum Gasteiger partial charge on any atom is 0.231 e.